The fraction of sp³-hybridized carbons (Fsp3) is 0.579. The number of benzene rings is 1. The van der Waals surface area contributed by atoms with E-state index in [9.17, 15) is 10.1 Å². The molecule has 126 valence electrons. The Morgan fingerprint density at radius 1 is 1.00 bits per heavy atom. The quantitative estimate of drug-likeness (QED) is 0.658. The van der Waals surface area contributed by atoms with Gasteiger partial charge in [-0.1, -0.05) is 0 Å². The van der Waals surface area contributed by atoms with Crippen molar-refractivity contribution in [2.45, 2.75) is 44.6 Å². The lowest BCUT2D eigenvalue weighted by Crippen LogP contribution is -2.55. The average Bonchev–Trinajstić information content (AvgIpc) is 3.04. The molecule has 1 heterocycles. The Morgan fingerprint density at radius 3 is 2.12 bits per heavy atom. The molecule has 0 saturated heterocycles. The van der Waals surface area contributed by atoms with Crippen LogP contribution in [0, 0.1) is 33.3 Å². The van der Waals surface area contributed by atoms with Gasteiger partial charge in [-0.25, -0.2) is 5.43 Å². The van der Waals surface area contributed by atoms with E-state index < -0.39 is 0 Å². The van der Waals surface area contributed by atoms with Gasteiger partial charge in [0.2, 0.25) is 0 Å². The molecule has 6 rings (SSSR count). The standard InChI is InChI=1S/C19H23N3O2/c23-22(24)16-3-1-15(2-4-16)17-8-18(21-20-17)19-9-12-5-13(10-19)7-14(6-12)11-19/h1-4,8,12-14,18,20-21H,5-7,9-11H2. The molecule has 4 fully saturated rings. The molecule has 1 aliphatic heterocycles. The zero-order valence-electron chi connectivity index (χ0n) is 13.7. The maximum atomic E-state index is 10.8. The molecule has 1 aromatic rings. The number of nitro benzene ring substituents is 1. The lowest BCUT2D eigenvalue weighted by Gasteiger charge is -2.58. The molecule has 0 amide bonds. The topological polar surface area (TPSA) is 67.2 Å². The predicted molar refractivity (Wildman–Crippen MR) is 91.7 cm³/mol. The minimum absolute atomic E-state index is 0.142. The van der Waals surface area contributed by atoms with Gasteiger partial charge in [0.05, 0.1) is 16.7 Å². The molecule has 0 spiro atoms. The molecule has 5 aliphatic rings. The highest BCUT2D eigenvalue weighted by Gasteiger charge is 2.54. The zero-order valence-corrected chi connectivity index (χ0v) is 13.7. The molecule has 4 aliphatic carbocycles. The van der Waals surface area contributed by atoms with Crippen LogP contribution in [-0.4, -0.2) is 11.0 Å². The van der Waals surface area contributed by atoms with Crippen LogP contribution < -0.4 is 10.9 Å². The molecule has 24 heavy (non-hydrogen) atoms. The number of rotatable bonds is 3. The Kier molecular flexibility index (Phi) is 3.05. The molecule has 4 saturated carbocycles. The number of non-ortho nitro benzene ring substituents is 1. The van der Waals surface area contributed by atoms with Crippen molar-refractivity contribution in [2.24, 2.45) is 23.2 Å². The van der Waals surface area contributed by atoms with Gasteiger partial charge in [-0.05, 0) is 85.5 Å². The summed E-state index contributed by atoms with van der Waals surface area (Å²) in [6, 6.07) is 7.21. The first-order chi connectivity index (χ1) is 11.6. The summed E-state index contributed by atoms with van der Waals surface area (Å²) < 4.78 is 0. The van der Waals surface area contributed by atoms with Crippen LogP contribution in [-0.2, 0) is 0 Å². The maximum absolute atomic E-state index is 10.8. The van der Waals surface area contributed by atoms with Crippen LogP contribution in [0.2, 0.25) is 0 Å². The largest absolute Gasteiger partial charge is 0.321 e. The second-order valence-corrected chi connectivity index (χ2v) is 8.41. The summed E-state index contributed by atoms with van der Waals surface area (Å²) in [5, 5.41) is 10.8. The fourth-order valence-corrected chi connectivity index (χ4v) is 6.23. The average molecular weight is 325 g/mol. The van der Waals surface area contributed by atoms with E-state index in [1.54, 1.807) is 12.1 Å². The minimum atomic E-state index is -0.350. The van der Waals surface area contributed by atoms with E-state index in [1.807, 2.05) is 12.1 Å². The summed E-state index contributed by atoms with van der Waals surface area (Å²) in [5.41, 5.74) is 9.50. The van der Waals surface area contributed by atoms with Crippen LogP contribution in [0.1, 0.15) is 44.1 Å². The Labute approximate surface area is 141 Å². The van der Waals surface area contributed by atoms with Gasteiger partial charge in [0.1, 0.15) is 0 Å². The number of hydrazine groups is 1. The van der Waals surface area contributed by atoms with Crippen LogP contribution in [0.3, 0.4) is 0 Å². The third kappa shape index (κ3) is 2.18. The molecule has 4 bridgehead atoms. The minimum Gasteiger partial charge on any atom is -0.321 e. The Bertz CT molecular complexity index is 675. The molecule has 5 nitrogen and oxygen atoms in total. The summed E-state index contributed by atoms with van der Waals surface area (Å²) >= 11 is 0. The maximum Gasteiger partial charge on any atom is 0.269 e. The Morgan fingerprint density at radius 2 is 1.58 bits per heavy atom. The van der Waals surface area contributed by atoms with Crippen molar-refractivity contribution in [1.82, 2.24) is 10.9 Å². The highest BCUT2D eigenvalue weighted by atomic mass is 16.6. The molecule has 1 atom stereocenters. The normalized spacial score (nSPS) is 39.6. The van der Waals surface area contributed by atoms with Crippen molar-refractivity contribution in [1.29, 1.82) is 0 Å². The van der Waals surface area contributed by atoms with Gasteiger partial charge >= 0.3 is 0 Å². The van der Waals surface area contributed by atoms with E-state index in [0.717, 1.165) is 29.0 Å². The van der Waals surface area contributed by atoms with Gasteiger partial charge in [-0.2, -0.15) is 0 Å². The van der Waals surface area contributed by atoms with Gasteiger partial charge in [0.15, 0.2) is 0 Å². The second kappa shape index (κ2) is 5.06. The van der Waals surface area contributed by atoms with Gasteiger partial charge < -0.3 is 5.43 Å². The number of nitrogens with one attached hydrogen (secondary N) is 2. The van der Waals surface area contributed by atoms with E-state index in [2.05, 4.69) is 16.9 Å². The first kappa shape index (κ1) is 14.5. The molecule has 0 aromatic heterocycles. The van der Waals surface area contributed by atoms with E-state index >= 15 is 0 Å². The number of nitrogens with zero attached hydrogens (tertiary/aromatic N) is 1. The molecule has 5 heteroatoms. The Balaban J connectivity index is 1.40. The molecule has 1 unspecified atom stereocenters. The Hall–Kier alpha value is -1.88. The highest BCUT2D eigenvalue weighted by molar-refractivity contribution is 5.67. The number of hydrogen-bond donors (Lipinski definition) is 2. The van der Waals surface area contributed by atoms with E-state index in [1.165, 1.54) is 38.5 Å². The van der Waals surface area contributed by atoms with E-state index in [-0.39, 0.29) is 10.6 Å². The SMILES string of the molecule is O=[N+]([O-])c1ccc(C2=CC(C34CC5CC(CC(C5)C3)C4)NN2)cc1. The fourth-order valence-electron chi connectivity index (χ4n) is 6.23. The zero-order chi connectivity index (χ0) is 16.3. The van der Waals surface area contributed by atoms with E-state index in [0.29, 0.717) is 11.5 Å². The van der Waals surface area contributed by atoms with Gasteiger partial charge in [0.25, 0.3) is 5.69 Å². The summed E-state index contributed by atoms with van der Waals surface area (Å²) in [5.74, 6) is 2.82. The smallest absolute Gasteiger partial charge is 0.269 e. The van der Waals surface area contributed by atoms with Crippen molar-refractivity contribution in [3.63, 3.8) is 0 Å². The molecule has 2 N–H and O–H groups in total. The predicted octanol–water partition coefficient (Wildman–Crippen LogP) is 3.63. The van der Waals surface area contributed by atoms with Crippen LogP contribution >= 0.6 is 0 Å². The molecule has 1 aromatic carbocycles. The van der Waals surface area contributed by atoms with Gasteiger partial charge in [-0.15, -0.1) is 0 Å². The number of hydrogen-bond acceptors (Lipinski definition) is 4. The summed E-state index contributed by atoms with van der Waals surface area (Å²) in [6.45, 7) is 0. The summed E-state index contributed by atoms with van der Waals surface area (Å²) in [6.07, 6.45) is 10.8. The number of nitro groups is 1. The first-order valence-corrected chi connectivity index (χ1v) is 9.09. The van der Waals surface area contributed by atoms with Crippen molar-refractivity contribution < 1.29 is 4.92 Å². The first-order valence-electron chi connectivity index (χ1n) is 9.09. The van der Waals surface area contributed by atoms with Crippen molar-refractivity contribution >= 4 is 11.4 Å². The monoisotopic (exact) mass is 325 g/mol. The van der Waals surface area contributed by atoms with Gasteiger partial charge in [-0.3, -0.25) is 10.1 Å². The van der Waals surface area contributed by atoms with Crippen LogP contribution in [0.4, 0.5) is 5.69 Å². The molecular weight excluding hydrogens is 302 g/mol. The van der Waals surface area contributed by atoms with Crippen LogP contribution in [0.25, 0.3) is 5.70 Å². The highest BCUT2D eigenvalue weighted by Crippen LogP contribution is 2.61. The van der Waals surface area contributed by atoms with Crippen LogP contribution in [0.15, 0.2) is 30.3 Å². The second-order valence-electron chi connectivity index (χ2n) is 8.41. The summed E-state index contributed by atoms with van der Waals surface area (Å²) in [7, 11) is 0. The molecular formula is C19H23N3O2. The van der Waals surface area contributed by atoms with Crippen molar-refractivity contribution in [2.75, 3.05) is 0 Å². The van der Waals surface area contributed by atoms with Crippen LogP contribution in [0.5, 0.6) is 0 Å². The van der Waals surface area contributed by atoms with Gasteiger partial charge in [0, 0.05) is 12.1 Å². The van der Waals surface area contributed by atoms with Crippen molar-refractivity contribution in [3.8, 4) is 0 Å². The van der Waals surface area contributed by atoms with E-state index in [4.69, 9.17) is 0 Å². The third-order valence-corrected chi connectivity index (χ3v) is 6.83. The molecule has 0 radical (unpaired) electrons. The van der Waals surface area contributed by atoms with Crippen molar-refractivity contribution in [3.05, 3.63) is 46.0 Å². The lowest BCUT2D eigenvalue weighted by atomic mass is 9.48. The third-order valence-electron chi connectivity index (χ3n) is 6.83. The summed E-state index contributed by atoms with van der Waals surface area (Å²) in [4.78, 5) is 10.5. The lowest BCUT2D eigenvalue weighted by molar-refractivity contribution is -0.384.